The predicted octanol–water partition coefficient (Wildman–Crippen LogP) is 6.65. The number of nitrogens with one attached hydrogen (secondary N) is 2. The topological polar surface area (TPSA) is 75.3 Å². The number of rotatable bonds is 6. The number of para-hydroxylation sites is 1. The van der Waals surface area contributed by atoms with Gasteiger partial charge in [-0.1, -0.05) is 54.6 Å². The van der Waals surface area contributed by atoms with E-state index in [2.05, 4.69) is 10.6 Å². The van der Waals surface area contributed by atoms with Gasteiger partial charge in [0, 0.05) is 11.3 Å². The summed E-state index contributed by atoms with van der Waals surface area (Å²) in [5.74, 6) is -0.111. The van der Waals surface area contributed by atoms with E-state index in [-0.39, 0.29) is 10.6 Å². The number of aryl methyl sites for hydroxylation is 2. The van der Waals surface area contributed by atoms with Gasteiger partial charge in [-0.15, -0.1) is 0 Å². The van der Waals surface area contributed by atoms with Crippen LogP contribution in [0.4, 0.5) is 16.2 Å². The van der Waals surface area contributed by atoms with Crippen molar-refractivity contribution in [2.24, 2.45) is 0 Å². The molecule has 168 valence electrons. The zero-order chi connectivity index (χ0) is 23.4. The maximum atomic E-state index is 13.1. The van der Waals surface area contributed by atoms with E-state index < -0.39 is 15.9 Å². The highest BCUT2D eigenvalue weighted by atomic mass is 32.2. The van der Waals surface area contributed by atoms with Gasteiger partial charge in [-0.3, -0.25) is 0 Å². The average Bonchev–Trinajstić information content (AvgIpc) is 3.31. The summed E-state index contributed by atoms with van der Waals surface area (Å²) in [5, 5.41) is 9.67. The van der Waals surface area contributed by atoms with Crippen molar-refractivity contribution in [2.75, 3.05) is 10.6 Å². The van der Waals surface area contributed by atoms with E-state index in [0.29, 0.717) is 11.3 Å². The van der Waals surface area contributed by atoms with Crippen molar-refractivity contribution in [3.8, 4) is 11.1 Å². The molecular formula is C26H24N2O3S2. The van der Waals surface area contributed by atoms with Crippen LogP contribution in [-0.2, 0) is 15.6 Å². The van der Waals surface area contributed by atoms with Crippen molar-refractivity contribution in [1.82, 2.24) is 0 Å². The molecule has 0 atom stereocenters. The summed E-state index contributed by atoms with van der Waals surface area (Å²) in [6.45, 7) is 3.85. The van der Waals surface area contributed by atoms with Crippen molar-refractivity contribution in [2.45, 2.75) is 24.5 Å². The standard InChI is InChI=1S/C26H24N2O3S2/c1-18-7-6-8-19(2)25(18)28-26(29)27-24-15-22(11-12-23(24)21-13-14-32-16-21)33(30,31)17-20-9-4-3-5-10-20/h3-16H,17H2,1-2H3,(H2,27,28,29). The second kappa shape index (κ2) is 9.60. The number of carbonyl (C=O) groups is 1. The van der Waals surface area contributed by atoms with E-state index >= 15 is 0 Å². The third kappa shape index (κ3) is 5.32. The maximum Gasteiger partial charge on any atom is 0.323 e. The Hall–Kier alpha value is -3.42. The summed E-state index contributed by atoms with van der Waals surface area (Å²) < 4.78 is 26.2. The molecule has 0 unspecified atom stereocenters. The minimum Gasteiger partial charge on any atom is -0.307 e. The van der Waals surface area contributed by atoms with Gasteiger partial charge in [-0.25, -0.2) is 13.2 Å². The highest BCUT2D eigenvalue weighted by Crippen LogP contribution is 2.33. The van der Waals surface area contributed by atoms with E-state index in [1.54, 1.807) is 24.3 Å². The van der Waals surface area contributed by atoms with Crippen molar-refractivity contribution in [3.05, 3.63) is 100 Å². The zero-order valence-corrected chi connectivity index (χ0v) is 20.0. The van der Waals surface area contributed by atoms with Crippen molar-refractivity contribution in [1.29, 1.82) is 0 Å². The van der Waals surface area contributed by atoms with Crippen LogP contribution >= 0.6 is 11.3 Å². The van der Waals surface area contributed by atoms with Gasteiger partial charge in [0.25, 0.3) is 0 Å². The van der Waals surface area contributed by atoms with Gasteiger partial charge in [0.2, 0.25) is 0 Å². The number of thiophene rings is 1. The summed E-state index contributed by atoms with van der Waals surface area (Å²) in [7, 11) is -3.60. The Balaban J connectivity index is 1.67. The van der Waals surface area contributed by atoms with Crippen LogP contribution in [0.1, 0.15) is 16.7 Å². The van der Waals surface area contributed by atoms with Crippen LogP contribution in [0.25, 0.3) is 11.1 Å². The van der Waals surface area contributed by atoms with Crippen molar-refractivity contribution < 1.29 is 13.2 Å². The lowest BCUT2D eigenvalue weighted by atomic mass is 10.1. The quantitative estimate of drug-likeness (QED) is 0.327. The Bertz CT molecular complexity index is 1360. The lowest BCUT2D eigenvalue weighted by molar-refractivity contribution is 0.262. The van der Waals surface area contributed by atoms with Gasteiger partial charge < -0.3 is 10.6 Å². The largest absolute Gasteiger partial charge is 0.323 e. The second-order valence-corrected chi connectivity index (χ2v) is 10.6. The van der Waals surface area contributed by atoms with E-state index in [1.807, 2.05) is 67.1 Å². The fraction of sp³-hybridized carbons (Fsp3) is 0.115. The second-order valence-electron chi connectivity index (χ2n) is 7.81. The molecule has 3 aromatic carbocycles. The first-order valence-electron chi connectivity index (χ1n) is 10.4. The van der Waals surface area contributed by atoms with E-state index in [1.165, 1.54) is 17.4 Å². The first kappa shape index (κ1) is 22.8. The Morgan fingerprint density at radius 2 is 1.61 bits per heavy atom. The summed E-state index contributed by atoms with van der Waals surface area (Å²) >= 11 is 1.53. The predicted molar refractivity (Wildman–Crippen MR) is 136 cm³/mol. The molecule has 0 saturated carbocycles. The Labute approximate surface area is 198 Å². The molecule has 0 aliphatic heterocycles. The summed E-state index contributed by atoms with van der Waals surface area (Å²) in [6.07, 6.45) is 0. The Kier molecular flexibility index (Phi) is 6.62. The average molecular weight is 477 g/mol. The maximum absolute atomic E-state index is 13.1. The highest BCUT2D eigenvalue weighted by molar-refractivity contribution is 7.90. The molecular weight excluding hydrogens is 452 g/mol. The molecule has 0 aliphatic rings. The number of hydrogen-bond donors (Lipinski definition) is 2. The lowest BCUT2D eigenvalue weighted by Crippen LogP contribution is -2.21. The molecule has 2 amide bonds. The monoisotopic (exact) mass is 476 g/mol. The Morgan fingerprint density at radius 1 is 0.879 bits per heavy atom. The van der Waals surface area contributed by atoms with Gasteiger partial charge in [0.15, 0.2) is 9.84 Å². The smallest absolute Gasteiger partial charge is 0.307 e. The van der Waals surface area contributed by atoms with Crippen molar-refractivity contribution >= 4 is 38.6 Å². The molecule has 2 N–H and O–H groups in total. The highest BCUT2D eigenvalue weighted by Gasteiger charge is 2.19. The number of carbonyl (C=O) groups excluding carboxylic acids is 1. The van der Waals surface area contributed by atoms with Crippen LogP contribution in [0, 0.1) is 13.8 Å². The van der Waals surface area contributed by atoms with Gasteiger partial charge in [0.1, 0.15) is 0 Å². The van der Waals surface area contributed by atoms with Crippen LogP contribution in [0.2, 0.25) is 0 Å². The first-order chi connectivity index (χ1) is 15.8. The lowest BCUT2D eigenvalue weighted by Gasteiger charge is -2.16. The third-order valence-electron chi connectivity index (χ3n) is 5.35. The molecule has 4 rings (SSSR count). The Morgan fingerprint density at radius 3 is 2.27 bits per heavy atom. The molecule has 0 fully saturated rings. The number of anilines is 2. The summed E-state index contributed by atoms with van der Waals surface area (Å²) in [5.41, 5.74) is 5.44. The molecule has 7 heteroatoms. The fourth-order valence-corrected chi connectivity index (χ4v) is 5.67. The number of amides is 2. The van der Waals surface area contributed by atoms with Gasteiger partial charge in [-0.05, 0) is 65.1 Å². The van der Waals surface area contributed by atoms with Gasteiger partial charge in [-0.2, -0.15) is 11.3 Å². The van der Waals surface area contributed by atoms with E-state index in [0.717, 1.165) is 27.9 Å². The first-order valence-corrected chi connectivity index (χ1v) is 13.0. The molecule has 0 bridgehead atoms. The molecule has 5 nitrogen and oxygen atoms in total. The van der Waals surface area contributed by atoms with E-state index in [4.69, 9.17) is 0 Å². The summed E-state index contributed by atoms with van der Waals surface area (Å²) in [6, 6.07) is 21.2. The van der Waals surface area contributed by atoms with Crippen LogP contribution in [0.15, 0.2) is 88.5 Å². The van der Waals surface area contributed by atoms with Gasteiger partial charge >= 0.3 is 6.03 Å². The molecule has 0 saturated heterocycles. The van der Waals surface area contributed by atoms with Gasteiger partial charge in [0.05, 0.1) is 16.3 Å². The molecule has 0 aliphatic carbocycles. The third-order valence-corrected chi connectivity index (χ3v) is 7.72. The summed E-state index contributed by atoms with van der Waals surface area (Å²) in [4.78, 5) is 13.1. The molecule has 33 heavy (non-hydrogen) atoms. The van der Waals surface area contributed by atoms with Crippen LogP contribution in [0.3, 0.4) is 0 Å². The van der Waals surface area contributed by atoms with Crippen LogP contribution in [-0.4, -0.2) is 14.4 Å². The fourth-order valence-electron chi connectivity index (χ4n) is 3.65. The van der Waals surface area contributed by atoms with Crippen LogP contribution in [0.5, 0.6) is 0 Å². The number of benzene rings is 3. The van der Waals surface area contributed by atoms with Crippen molar-refractivity contribution in [3.63, 3.8) is 0 Å². The number of urea groups is 1. The molecule has 1 aromatic heterocycles. The SMILES string of the molecule is Cc1cccc(C)c1NC(=O)Nc1cc(S(=O)(=O)Cc2ccccc2)ccc1-c1ccsc1. The normalized spacial score (nSPS) is 11.2. The number of sulfone groups is 1. The zero-order valence-electron chi connectivity index (χ0n) is 18.3. The van der Waals surface area contributed by atoms with Crippen LogP contribution < -0.4 is 10.6 Å². The molecule has 0 spiro atoms. The van der Waals surface area contributed by atoms with E-state index in [9.17, 15) is 13.2 Å². The minimum absolute atomic E-state index is 0.111. The number of hydrogen-bond acceptors (Lipinski definition) is 4. The minimum atomic E-state index is -3.60. The molecule has 4 aromatic rings. The molecule has 1 heterocycles. The molecule has 0 radical (unpaired) electrons.